The number of rotatable bonds is 3. The normalized spacial score (nSPS) is 31.2. The highest BCUT2D eigenvalue weighted by molar-refractivity contribution is 5.91. The molecule has 1 aliphatic rings. The van der Waals surface area contributed by atoms with E-state index in [4.69, 9.17) is 14.4 Å². The van der Waals surface area contributed by atoms with Gasteiger partial charge in [-0.2, -0.15) is 5.48 Å². The van der Waals surface area contributed by atoms with Crippen LogP contribution in [0.25, 0.3) is 0 Å². The molecule has 0 aliphatic carbocycles. The minimum atomic E-state index is -1.31. The second kappa shape index (κ2) is 5.68. The third kappa shape index (κ3) is 2.94. The fourth-order valence-corrected chi connectivity index (χ4v) is 1.75. The predicted molar refractivity (Wildman–Crippen MR) is 61.8 cm³/mol. The Morgan fingerprint density at radius 1 is 1.42 bits per heavy atom. The molecule has 8 heteroatoms. The highest BCUT2D eigenvalue weighted by Gasteiger charge is 2.39. The number of hydrogen-bond acceptors (Lipinski definition) is 7. The van der Waals surface area contributed by atoms with Crippen LogP contribution in [0.5, 0.6) is 0 Å². The van der Waals surface area contributed by atoms with Crippen molar-refractivity contribution in [2.75, 3.05) is 6.61 Å². The quantitative estimate of drug-likeness (QED) is 0.442. The molecule has 4 atom stereocenters. The number of amides is 1. The SMILES string of the molecule is Cc1ccc(C(=O)NC2NOC(CO)C(O)C2O)o1. The van der Waals surface area contributed by atoms with Crippen LogP contribution in [-0.2, 0) is 4.84 Å². The average molecular weight is 272 g/mol. The van der Waals surface area contributed by atoms with E-state index < -0.39 is 37.0 Å². The Kier molecular flexibility index (Phi) is 4.17. The average Bonchev–Trinajstić information content (AvgIpc) is 2.82. The molecule has 106 valence electrons. The lowest BCUT2D eigenvalue weighted by Crippen LogP contribution is -2.65. The lowest BCUT2D eigenvalue weighted by molar-refractivity contribution is -0.205. The zero-order valence-electron chi connectivity index (χ0n) is 10.2. The van der Waals surface area contributed by atoms with Gasteiger partial charge in [0.1, 0.15) is 30.2 Å². The molecule has 1 aliphatic heterocycles. The summed E-state index contributed by atoms with van der Waals surface area (Å²) in [6, 6.07) is 3.13. The highest BCUT2D eigenvalue weighted by Crippen LogP contribution is 2.13. The molecule has 0 radical (unpaired) electrons. The van der Waals surface area contributed by atoms with Crippen molar-refractivity contribution in [1.29, 1.82) is 0 Å². The van der Waals surface area contributed by atoms with Crippen LogP contribution in [0, 0.1) is 6.92 Å². The Morgan fingerprint density at radius 3 is 2.74 bits per heavy atom. The van der Waals surface area contributed by atoms with Gasteiger partial charge in [-0.25, -0.2) is 0 Å². The van der Waals surface area contributed by atoms with Gasteiger partial charge in [0, 0.05) is 0 Å². The van der Waals surface area contributed by atoms with Gasteiger partial charge in [-0.05, 0) is 19.1 Å². The van der Waals surface area contributed by atoms with Gasteiger partial charge in [0.25, 0.3) is 5.91 Å². The number of hydroxylamine groups is 1. The summed E-state index contributed by atoms with van der Waals surface area (Å²) < 4.78 is 5.13. The molecular formula is C11H16N2O6. The van der Waals surface area contributed by atoms with Gasteiger partial charge in [-0.15, -0.1) is 0 Å². The minimum absolute atomic E-state index is 0.0882. The molecule has 0 aromatic carbocycles. The number of nitrogens with one attached hydrogen (secondary N) is 2. The lowest BCUT2D eigenvalue weighted by atomic mass is 10.0. The maximum Gasteiger partial charge on any atom is 0.288 e. The lowest BCUT2D eigenvalue weighted by Gasteiger charge is -2.37. The summed E-state index contributed by atoms with van der Waals surface area (Å²) in [4.78, 5) is 16.7. The van der Waals surface area contributed by atoms with E-state index >= 15 is 0 Å². The summed E-state index contributed by atoms with van der Waals surface area (Å²) in [6.07, 6.45) is -4.58. The van der Waals surface area contributed by atoms with Crippen molar-refractivity contribution in [3.8, 4) is 0 Å². The Bertz CT molecular complexity index is 448. The van der Waals surface area contributed by atoms with Crippen LogP contribution >= 0.6 is 0 Å². The second-order valence-electron chi connectivity index (χ2n) is 4.30. The van der Waals surface area contributed by atoms with Crippen LogP contribution in [-0.4, -0.2) is 52.3 Å². The van der Waals surface area contributed by atoms with Gasteiger partial charge in [0.15, 0.2) is 5.76 Å². The van der Waals surface area contributed by atoms with Crippen molar-refractivity contribution in [1.82, 2.24) is 10.8 Å². The Balaban J connectivity index is 1.98. The van der Waals surface area contributed by atoms with Crippen LogP contribution in [0.2, 0.25) is 0 Å². The van der Waals surface area contributed by atoms with Crippen molar-refractivity contribution in [2.45, 2.75) is 31.4 Å². The molecule has 1 aromatic rings. The molecule has 0 spiro atoms. The number of aliphatic hydroxyl groups is 3. The Labute approximate surface area is 108 Å². The largest absolute Gasteiger partial charge is 0.456 e. The monoisotopic (exact) mass is 272 g/mol. The first-order chi connectivity index (χ1) is 9.02. The maximum atomic E-state index is 11.8. The molecular weight excluding hydrogens is 256 g/mol. The van der Waals surface area contributed by atoms with E-state index in [0.717, 1.165) is 0 Å². The summed E-state index contributed by atoms with van der Waals surface area (Å²) in [5, 5.41) is 30.7. The maximum absolute atomic E-state index is 11.8. The zero-order valence-corrected chi connectivity index (χ0v) is 10.2. The van der Waals surface area contributed by atoms with E-state index in [1.807, 2.05) is 0 Å². The third-order valence-electron chi connectivity index (χ3n) is 2.85. The molecule has 8 nitrogen and oxygen atoms in total. The predicted octanol–water partition coefficient (Wildman–Crippen LogP) is -1.74. The number of hydrogen-bond donors (Lipinski definition) is 5. The van der Waals surface area contributed by atoms with Crippen LogP contribution in [0.3, 0.4) is 0 Å². The third-order valence-corrected chi connectivity index (χ3v) is 2.85. The molecule has 1 fully saturated rings. The Morgan fingerprint density at radius 2 is 2.16 bits per heavy atom. The first-order valence-corrected chi connectivity index (χ1v) is 5.78. The molecule has 2 heterocycles. The molecule has 1 amide bonds. The smallest absolute Gasteiger partial charge is 0.288 e. The molecule has 0 saturated carbocycles. The number of furan rings is 1. The molecule has 19 heavy (non-hydrogen) atoms. The van der Waals surface area contributed by atoms with Crippen LogP contribution in [0.4, 0.5) is 0 Å². The minimum Gasteiger partial charge on any atom is -0.456 e. The van der Waals surface area contributed by atoms with E-state index in [-0.39, 0.29) is 5.76 Å². The summed E-state index contributed by atoms with van der Waals surface area (Å²) in [5.74, 6) is 0.118. The van der Waals surface area contributed by atoms with E-state index in [9.17, 15) is 15.0 Å². The molecule has 4 unspecified atom stereocenters. The summed E-state index contributed by atoms with van der Waals surface area (Å²) in [7, 11) is 0. The summed E-state index contributed by atoms with van der Waals surface area (Å²) in [5.41, 5.74) is 2.36. The van der Waals surface area contributed by atoms with Gasteiger partial charge in [0.2, 0.25) is 0 Å². The van der Waals surface area contributed by atoms with E-state index in [1.165, 1.54) is 6.07 Å². The van der Waals surface area contributed by atoms with Crippen molar-refractivity contribution in [2.24, 2.45) is 0 Å². The number of carbonyl (C=O) groups excluding carboxylic acids is 1. The number of aryl methyl sites for hydroxylation is 1. The molecule has 1 saturated heterocycles. The van der Waals surface area contributed by atoms with Crippen LogP contribution in [0.1, 0.15) is 16.3 Å². The van der Waals surface area contributed by atoms with E-state index in [2.05, 4.69) is 10.8 Å². The molecule has 1 aromatic heterocycles. The number of carbonyl (C=O) groups is 1. The van der Waals surface area contributed by atoms with Crippen molar-refractivity contribution in [3.05, 3.63) is 23.7 Å². The molecule has 0 bridgehead atoms. The molecule has 5 N–H and O–H groups in total. The van der Waals surface area contributed by atoms with E-state index in [0.29, 0.717) is 5.76 Å². The van der Waals surface area contributed by atoms with Crippen molar-refractivity contribution < 1.29 is 29.4 Å². The van der Waals surface area contributed by atoms with Crippen molar-refractivity contribution in [3.63, 3.8) is 0 Å². The first kappa shape index (κ1) is 14.0. The fourth-order valence-electron chi connectivity index (χ4n) is 1.75. The summed E-state index contributed by atoms with van der Waals surface area (Å²) >= 11 is 0. The first-order valence-electron chi connectivity index (χ1n) is 5.78. The molecule has 2 rings (SSSR count). The fraction of sp³-hybridized carbons (Fsp3) is 0.545. The standard InChI is InChI=1S/C11H16N2O6/c1-5-2-3-6(18-5)11(17)12-10-9(16)8(15)7(4-14)19-13-10/h2-3,7-10,13-16H,4H2,1H3,(H,12,17). The van der Waals surface area contributed by atoms with Gasteiger partial charge in [-0.3, -0.25) is 9.63 Å². The number of aliphatic hydroxyl groups excluding tert-OH is 3. The van der Waals surface area contributed by atoms with Crippen LogP contribution in [0.15, 0.2) is 16.5 Å². The van der Waals surface area contributed by atoms with Gasteiger partial charge >= 0.3 is 0 Å². The van der Waals surface area contributed by atoms with Gasteiger partial charge < -0.3 is 25.1 Å². The van der Waals surface area contributed by atoms with E-state index in [1.54, 1.807) is 13.0 Å². The Hall–Kier alpha value is -1.45. The highest BCUT2D eigenvalue weighted by atomic mass is 16.7. The topological polar surface area (TPSA) is 124 Å². The summed E-state index contributed by atoms with van der Waals surface area (Å²) in [6.45, 7) is 1.24. The van der Waals surface area contributed by atoms with Gasteiger partial charge in [-0.1, -0.05) is 0 Å². The van der Waals surface area contributed by atoms with Crippen molar-refractivity contribution >= 4 is 5.91 Å². The second-order valence-corrected chi connectivity index (χ2v) is 4.30. The van der Waals surface area contributed by atoms with Gasteiger partial charge in [0.05, 0.1) is 6.61 Å². The van der Waals surface area contributed by atoms with Crippen LogP contribution < -0.4 is 10.8 Å². The zero-order chi connectivity index (χ0) is 14.0.